The lowest BCUT2D eigenvalue weighted by molar-refractivity contribution is -0.153. The fourth-order valence-electron chi connectivity index (χ4n) is 4.47. The molecule has 5 N–H and O–H groups in total. The van der Waals surface area contributed by atoms with Gasteiger partial charge in [-0.25, -0.2) is 18.4 Å². The van der Waals surface area contributed by atoms with Crippen molar-refractivity contribution in [3.8, 4) is 11.5 Å². The van der Waals surface area contributed by atoms with Crippen molar-refractivity contribution in [2.45, 2.75) is 25.3 Å². The molecule has 1 saturated heterocycles. The molecular formula is C24H23BF2N4O9. The highest BCUT2D eigenvalue weighted by Crippen LogP contribution is 2.31. The molecule has 2 aliphatic heterocycles. The van der Waals surface area contributed by atoms with Crippen LogP contribution in [0.1, 0.15) is 34.5 Å². The molecule has 2 aliphatic rings. The zero-order valence-corrected chi connectivity index (χ0v) is 20.9. The third-order valence-corrected chi connectivity index (χ3v) is 6.50. The zero-order chi connectivity index (χ0) is 29.3. The van der Waals surface area contributed by atoms with Crippen LogP contribution in [-0.4, -0.2) is 87.5 Å². The Bertz CT molecular complexity index is 1390. The highest BCUT2D eigenvalue weighted by atomic mass is 19.1. The Labute approximate surface area is 225 Å². The number of hydrogen-bond donors (Lipinski definition) is 5. The first-order valence-electron chi connectivity index (χ1n) is 12.0. The number of amides is 5. The largest absolute Gasteiger partial charge is 0.547 e. The standard InChI is InChI=1S/C24H23BF2N4O9/c1-2-30-6-7-31(22(35)21(30)34)24(38)29-18(17-14(26)9-12(32)10-15(17)27)20(33)28-16-8-11-4-3-5-13(23(36)37)19(11)40-25(16)39/h3-5,9-10,16,18,32,39H,2,6-8H2,1H3,(H,28,33)(H,29,38)(H,36,37)/t16-,18?/m0/s1. The molecule has 2 aromatic rings. The van der Waals surface area contributed by atoms with Crippen LogP contribution in [0.4, 0.5) is 13.6 Å². The molecule has 16 heteroatoms. The van der Waals surface area contributed by atoms with Crippen LogP contribution in [-0.2, 0) is 20.8 Å². The maximum atomic E-state index is 14.8. The minimum absolute atomic E-state index is 0.00334. The molecule has 210 valence electrons. The molecular weight excluding hydrogens is 537 g/mol. The maximum Gasteiger partial charge on any atom is 0.547 e. The molecule has 0 saturated carbocycles. The fraction of sp³-hybridized carbons (Fsp3) is 0.292. The van der Waals surface area contributed by atoms with Crippen molar-refractivity contribution in [2.24, 2.45) is 0 Å². The van der Waals surface area contributed by atoms with Gasteiger partial charge in [0.25, 0.3) is 0 Å². The summed E-state index contributed by atoms with van der Waals surface area (Å²) < 4.78 is 34.9. The lowest BCUT2D eigenvalue weighted by Crippen LogP contribution is -2.60. The van der Waals surface area contributed by atoms with E-state index in [4.69, 9.17) is 4.65 Å². The number of imide groups is 1. The SMILES string of the molecule is CCN1CCN(C(=O)NC(C(=O)N[C@H]2Cc3cccc(C(=O)O)c3OB2O)c2c(F)cc(O)cc2F)C(=O)C1=O. The molecule has 0 aromatic heterocycles. The van der Waals surface area contributed by atoms with E-state index in [9.17, 15) is 48.0 Å². The number of carbonyl (C=O) groups excluding carboxylic acids is 4. The van der Waals surface area contributed by atoms with Gasteiger partial charge in [0.1, 0.15) is 29.2 Å². The van der Waals surface area contributed by atoms with Crippen LogP contribution in [0, 0.1) is 11.6 Å². The third kappa shape index (κ3) is 5.38. The monoisotopic (exact) mass is 560 g/mol. The summed E-state index contributed by atoms with van der Waals surface area (Å²) in [4.78, 5) is 64.1. The summed E-state index contributed by atoms with van der Waals surface area (Å²) in [7, 11) is -1.79. The second-order valence-electron chi connectivity index (χ2n) is 8.97. The first-order chi connectivity index (χ1) is 18.9. The lowest BCUT2D eigenvalue weighted by atomic mass is 9.72. The second kappa shape index (κ2) is 11.2. The number of benzene rings is 2. The Hall–Kier alpha value is -4.73. The number of piperazine rings is 1. The maximum absolute atomic E-state index is 14.8. The number of para-hydroxylation sites is 1. The van der Waals surface area contributed by atoms with Crippen LogP contribution >= 0.6 is 0 Å². The molecule has 1 fully saturated rings. The van der Waals surface area contributed by atoms with Gasteiger partial charge in [-0.1, -0.05) is 12.1 Å². The minimum Gasteiger partial charge on any atom is -0.534 e. The number of likely N-dealkylation sites (N-methyl/N-ethyl adjacent to an activating group) is 1. The Morgan fingerprint density at radius 2 is 1.82 bits per heavy atom. The average molecular weight is 560 g/mol. The smallest absolute Gasteiger partial charge is 0.534 e. The number of aromatic carboxylic acids is 1. The number of halogens is 2. The van der Waals surface area contributed by atoms with Gasteiger partial charge in [0.15, 0.2) is 0 Å². The van der Waals surface area contributed by atoms with Crippen molar-refractivity contribution in [1.29, 1.82) is 0 Å². The molecule has 4 rings (SSSR count). The summed E-state index contributed by atoms with van der Waals surface area (Å²) in [5.74, 6) is -9.75. The van der Waals surface area contributed by atoms with Crippen LogP contribution in [0.2, 0.25) is 0 Å². The number of rotatable bonds is 6. The van der Waals surface area contributed by atoms with Gasteiger partial charge in [-0.15, -0.1) is 0 Å². The van der Waals surface area contributed by atoms with Gasteiger partial charge < -0.3 is 35.4 Å². The number of carbonyl (C=O) groups is 5. The van der Waals surface area contributed by atoms with Crippen molar-refractivity contribution in [3.63, 3.8) is 0 Å². The first kappa shape index (κ1) is 28.3. The van der Waals surface area contributed by atoms with E-state index in [-0.39, 0.29) is 37.4 Å². The van der Waals surface area contributed by atoms with E-state index < -0.39 is 71.8 Å². The third-order valence-electron chi connectivity index (χ3n) is 6.50. The quantitative estimate of drug-likeness (QED) is 0.239. The van der Waals surface area contributed by atoms with Crippen molar-refractivity contribution in [3.05, 3.63) is 58.7 Å². The number of fused-ring (bicyclic) bond motifs is 1. The second-order valence-corrected chi connectivity index (χ2v) is 8.97. The molecule has 1 unspecified atom stereocenters. The van der Waals surface area contributed by atoms with Gasteiger partial charge in [-0.05, 0) is 25.0 Å². The van der Waals surface area contributed by atoms with E-state index in [1.54, 1.807) is 6.92 Å². The van der Waals surface area contributed by atoms with Crippen LogP contribution in [0.5, 0.6) is 11.5 Å². The predicted molar refractivity (Wildman–Crippen MR) is 131 cm³/mol. The Morgan fingerprint density at radius 1 is 1.15 bits per heavy atom. The summed E-state index contributed by atoms with van der Waals surface area (Å²) >= 11 is 0. The van der Waals surface area contributed by atoms with Crippen LogP contribution in [0.15, 0.2) is 30.3 Å². The van der Waals surface area contributed by atoms with Crippen LogP contribution in [0.25, 0.3) is 0 Å². The summed E-state index contributed by atoms with van der Waals surface area (Å²) in [5.41, 5.74) is -0.924. The normalized spacial score (nSPS) is 17.6. The average Bonchev–Trinajstić information content (AvgIpc) is 2.88. The van der Waals surface area contributed by atoms with E-state index in [1.807, 2.05) is 0 Å². The highest BCUT2D eigenvalue weighted by molar-refractivity contribution is 6.47. The number of phenolic OH excluding ortho intramolecular Hbond substituents is 1. The van der Waals surface area contributed by atoms with Crippen LogP contribution < -0.4 is 15.3 Å². The predicted octanol–water partition coefficient (Wildman–Crippen LogP) is -0.0504. The van der Waals surface area contributed by atoms with Crippen LogP contribution in [0.3, 0.4) is 0 Å². The minimum atomic E-state index is -2.14. The summed E-state index contributed by atoms with van der Waals surface area (Å²) in [6, 6.07) is 1.73. The molecule has 5 amide bonds. The number of phenols is 1. The van der Waals surface area contributed by atoms with E-state index in [1.165, 1.54) is 23.1 Å². The summed E-state index contributed by atoms with van der Waals surface area (Å²) in [6.07, 6.45) is -0.156. The first-order valence-corrected chi connectivity index (χ1v) is 12.0. The molecule has 2 heterocycles. The van der Waals surface area contributed by atoms with Gasteiger partial charge in [0.05, 0.1) is 17.1 Å². The summed E-state index contributed by atoms with van der Waals surface area (Å²) in [6.45, 7) is 1.58. The molecule has 2 aromatic carbocycles. The molecule has 2 atom stereocenters. The number of carboxylic acids is 1. The topological polar surface area (TPSA) is 186 Å². The molecule has 13 nitrogen and oxygen atoms in total. The van der Waals surface area contributed by atoms with Crippen molar-refractivity contribution >= 4 is 36.8 Å². The molecule has 0 spiro atoms. The van der Waals surface area contributed by atoms with E-state index in [2.05, 4.69) is 10.6 Å². The number of aromatic hydroxyl groups is 1. The number of hydrogen-bond acceptors (Lipinski definition) is 8. The van der Waals surface area contributed by atoms with Crippen molar-refractivity contribution in [2.75, 3.05) is 19.6 Å². The number of carboxylic acid groups (broad SMARTS) is 1. The number of urea groups is 1. The Kier molecular flexibility index (Phi) is 7.90. The van der Waals surface area contributed by atoms with Gasteiger partial charge in [-0.2, -0.15) is 0 Å². The van der Waals surface area contributed by atoms with E-state index >= 15 is 0 Å². The van der Waals surface area contributed by atoms with Crippen molar-refractivity contribution < 1.29 is 52.6 Å². The van der Waals surface area contributed by atoms with Gasteiger partial charge >= 0.3 is 30.9 Å². The highest BCUT2D eigenvalue weighted by Gasteiger charge is 2.42. The van der Waals surface area contributed by atoms with Gasteiger partial charge in [-0.3, -0.25) is 19.3 Å². The zero-order valence-electron chi connectivity index (χ0n) is 20.9. The number of nitrogens with one attached hydrogen (secondary N) is 2. The van der Waals surface area contributed by atoms with Gasteiger partial charge in [0.2, 0.25) is 5.91 Å². The van der Waals surface area contributed by atoms with Crippen molar-refractivity contribution in [1.82, 2.24) is 20.4 Å². The van der Waals surface area contributed by atoms with Gasteiger partial charge in [0, 0.05) is 31.8 Å². The molecule has 0 aliphatic carbocycles. The molecule has 40 heavy (non-hydrogen) atoms. The summed E-state index contributed by atoms with van der Waals surface area (Å²) in [5, 5.41) is 33.7. The molecule has 0 bridgehead atoms. The van der Waals surface area contributed by atoms with E-state index in [0.29, 0.717) is 22.6 Å². The Morgan fingerprint density at radius 3 is 2.45 bits per heavy atom. The fourth-order valence-corrected chi connectivity index (χ4v) is 4.47. The van der Waals surface area contributed by atoms with E-state index in [0.717, 1.165) is 0 Å². The number of nitrogens with zero attached hydrogens (tertiary/aromatic N) is 2. The lowest BCUT2D eigenvalue weighted by Gasteiger charge is -2.33. The Balaban J connectivity index is 1.62. The molecule has 0 radical (unpaired) electrons.